The molecule has 0 radical (unpaired) electrons. The number of anilines is 1. The number of benzene rings is 2. The first-order valence-electron chi connectivity index (χ1n) is 12.3. The van der Waals surface area contributed by atoms with Gasteiger partial charge in [0.2, 0.25) is 0 Å². The van der Waals surface area contributed by atoms with Gasteiger partial charge in [-0.1, -0.05) is 0 Å². The Morgan fingerprint density at radius 1 is 1.08 bits per heavy atom. The molecule has 0 bridgehead atoms. The number of halogens is 4. The minimum atomic E-state index is -1.08. The van der Waals surface area contributed by atoms with Gasteiger partial charge < -0.3 is 25.2 Å². The van der Waals surface area contributed by atoms with E-state index < -0.39 is 34.8 Å². The number of rotatable bonds is 10. The van der Waals surface area contributed by atoms with Crippen molar-refractivity contribution >= 4 is 16.6 Å². The molecule has 0 amide bonds. The lowest BCUT2D eigenvalue weighted by Gasteiger charge is -2.41. The number of aliphatic hydroxyl groups is 2. The number of nitrogens with one attached hydrogen (secondary N) is 1. The molecular weight excluding hydrogens is 490 g/mol. The van der Waals surface area contributed by atoms with Crippen molar-refractivity contribution in [3.8, 4) is 5.75 Å². The van der Waals surface area contributed by atoms with E-state index >= 15 is 0 Å². The summed E-state index contributed by atoms with van der Waals surface area (Å²) in [4.78, 5) is 6.20. The Morgan fingerprint density at radius 2 is 1.78 bits per heavy atom. The molecule has 2 heterocycles. The maximum absolute atomic E-state index is 14.7. The normalized spacial score (nSPS) is 16.6. The van der Waals surface area contributed by atoms with Crippen molar-refractivity contribution in [1.29, 1.82) is 0 Å². The largest absolute Gasteiger partial charge is 0.497 e. The van der Waals surface area contributed by atoms with E-state index in [2.05, 4.69) is 15.2 Å². The molecule has 1 aromatic heterocycles. The van der Waals surface area contributed by atoms with Crippen LogP contribution in [-0.4, -0.2) is 60.0 Å². The highest BCUT2D eigenvalue weighted by molar-refractivity contribution is 5.84. The molecule has 0 unspecified atom stereocenters. The van der Waals surface area contributed by atoms with Crippen molar-refractivity contribution in [3.05, 3.63) is 65.4 Å². The second kappa shape index (κ2) is 11.6. The first kappa shape index (κ1) is 27.1. The highest BCUT2D eigenvalue weighted by Crippen LogP contribution is 2.39. The van der Waals surface area contributed by atoms with Gasteiger partial charge in [0.05, 0.1) is 24.9 Å². The van der Waals surface area contributed by atoms with Gasteiger partial charge in [-0.3, -0.25) is 4.98 Å². The van der Waals surface area contributed by atoms with E-state index in [1.54, 1.807) is 18.2 Å². The molecule has 6 nitrogen and oxygen atoms in total. The van der Waals surface area contributed by atoms with Crippen LogP contribution in [-0.2, 0) is 0 Å². The van der Waals surface area contributed by atoms with Gasteiger partial charge in [-0.2, -0.15) is 0 Å². The lowest BCUT2D eigenvalue weighted by atomic mass is 9.74. The number of aromatic nitrogens is 1. The summed E-state index contributed by atoms with van der Waals surface area (Å²) < 4.78 is 60.7. The van der Waals surface area contributed by atoms with Crippen LogP contribution in [0.4, 0.5) is 23.2 Å². The molecule has 3 aromatic rings. The van der Waals surface area contributed by atoms with Gasteiger partial charge in [-0.25, -0.2) is 17.6 Å². The van der Waals surface area contributed by atoms with E-state index in [-0.39, 0.29) is 30.8 Å². The number of nitrogens with zero attached hydrogens (tertiary/aromatic N) is 2. The minimum absolute atomic E-state index is 0.0643. The number of hydrogen-bond donors (Lipinski definition) is 3. The molecule has 0 aliphatic carbocycles. The van der Waals surface area contributed by atoms with Gasteiger partial charge in [0, 0.05) is 42.8 Å². The Labute approximate surface area is 212 Å². The van der Waals surface area contributed by atoms with Crippen LogP contribution < -0.4 is 10.1 Å². The molecule has 2 aromatic carbocycles. The zero-order chi connectivity index (χ0) is 26.6. The summed E-state index contributed by atoms with van der Waals surface area (Å²) in [6.45, 7) is 2.01. The fourth-order valence-electron chi connectivity index (χ4n) is 5.01. The topological polar surface area (TPSA) is 77.8 Å². The van der Waals surface area contributed by atoms with E-state index in [9.17, 15) is 27.8 Å². The number of fused-ring (bicyclic) bond motifs is 1. The SMILES string of the molecule is COc1ccc2ncc(F)c([C@H](O)CCC3(CO)CCN(CCNc4c(F)cc(F)cc4F)CC3)c2c1. The molecule has 1 aliphatic heterocycles. The second-order valence-corrected chi connectivity index (χ2v) is 9.63. The van der Waals surface area contributed by atoms with E-state index in [0.29, 0.717) is 67.7 Å². The van der Waals surface area contributed by atoms with Gasteiger partial charge in [-0.05, 0) is 62.4 Å². The van der Waals surface area contributed by atoms with Crippen LogP contribution in [0.25, 0.3) is 10.9 Å². The minimum Gasteiger partial charge on any atom is -0.497 e. The smallest absolute Gasteiger partial charge is 0.152 e. The zero-order valence-corrected chi connectivity index (χ0v) is 20.6. The molecule has 1 saturated heterocycles. The van der Waals surface area contributed by atoms with E-state index in [0.717, 1.165) is 6.20 Å². The van der Waals surface area contributed by atoms with Crippen LogP contribution in [0.15, 0.2) is 36.5 Å². The molecule has 0 saturated carbocycles. The van der Waals surface area contributed by atoms with Crippen LogP contribution in [0.3, 0.4) is 0 Å². The summed E-state index contributed by atoms with van der Waals surface area (Å²) in [5.41, 5.74) is -0.0568. The van der Waals surface area contributed by atoms with Gasteiger partial charge in [0.1, 0.15) is 23.1 Å². The molecule has 4 rings (SSSR count). The summed E-state index contributed by atoms with van der Waals surface area (Å²) in [7, 11) is 1.51. The summed E-state index contributed by atoms with van der Waals surface area (Å²) in [6, 6.07) is 6.35. The van der Waals surface area contributed by atoms with Gasteiger partial charge in [0.25, 0.3) is 0 Å². The molecule has 1 atom stereocenters. The van der Waals surface area contributed by atoms with Crippen molar-refractivity contribution in [2.45, 2.75) is 31.8 Å². The summed E-state index contributed by atoms with van der Waals surface area (Å²) in [6.07, 6.45) is 2.09. The van der Waals surface area contributed by atoms with Crippen molar-refractivity contribution in [3.63, 3.8) is 0 Å². The summed E-state index contributed by atoms with van der Waals surface area (Å²) in [5.74, 6) is -2.99. The third-order valence-electron chi connectivity index (χ3n) is 7.34. The second-order valence-electron chi connectivity index (χ2n) is 9.63. The molecule has 200 valence electrons. The fraction of sp³-hybridized carbons (Fsp3) is 0.444. The monoisotopic (exact) mass is 521 g/mol. The third-order valence-corrected chi connectivity index (χ3v) is 7.34. The zero-order valence-electron chi connectivity index (χ0n) is 20.6. The number of likely N-dealkylation sites (tertiary alicyclic amines) is 1. The van der Waals surface area contributed by atoms with Crippen LogP contribution in [0.1, 0.15) is 37.4 Å². The maximum Gasteiger partial charge on any atom is 0.152 e. The Bertz CT molecular complexity index is 1210. The highest BCUT2D eigenvalue weighted by atomic mass is 19.1. The molecule has 3 N–H and O–H groups in total. The molecular formula is C27H31F4N3O3. The number of methoxy groups -OCH3 is 1. The van der Waals surface area contributed by atoms with Crippen molar-refractivity contribution < 1.29 is 32.5 Å². The molecule has 10 heteroatoms. The molecule has 1 aliphatic rings. The standard InChI is InChI=1S/C27H31F4N3O3/c1-37-18-2-3-23-19(14-18)25(22(31)15-33-23)24(36)4-5-27(16-35)6-9-34(10-7-27)11-8-32-26-20(29)12-17(28)13-21(26)30/h2-3,12-15,24,32,35-36H,4-11,16H2,1H3/t24-/m1/s1. The maximum atomic E-state index is 14.7. The van der Waals surface area contributed by atoms with Crippen LogP contribution >= 0.6 is 0 Å². The van der Waals surface area contributed by atoms with Crippen molar-refractivity contribution in [2.24, 2.45) is 5.41 Å². The van der Waals surface area contributed by atoms with E-state index in [1.165, 1.54) is 7.11 Å². The quantitative estimate of drug-likeness (QED) is 0.333. The summed E-state index contributed by atoms with van der Waals surface area (Å²) in [5, 5.41) is 24.3. The lowest BCUT2D eigenvalue weighted by molar-refractivity contribution is 0.0244. The number of ether oxygens (including phenoxy) is 1. The van der Waals surface area contributed by atoms with Crippen molar-refractivity contribution in [1.82, 2.24) is 9.88 Å². The molecule has 0 spiro atoms. The van der Waals surface area contributed by atoms with Crippen LogP contribution in [0.5, 0.6) is 5.75 Å². The lowest BCUT2D eigenvalue weighted by Crippen LogP contribution is -2.43. The van der Waals surface area contributed by atoms with Crippen LogP contribution in [0, 0.1) is 28.7 Å². The van der Waals surface area contributed by atoms with Gasteiger partial charge in [-0.15, -0.1) is 0 Å². The number of hydrogen-bond acceptors (Lipinski definition) is 6. The Balaban J connectivity index is 1.33. The predicted molar refractivity (Wildman–Crippen MR) is 132 cm³/mol. The third kappa shape index (κ3) is 6.14. The average Bonchev–Trinajstić information content (AvgIpc) is 2.89. The Hall–Kier alpha value is -2.95. The number of pyridine rings is 1. The predicted octanol–water partition coefficient (Wildman–Crippen LogP) is 4.80. The Morgan fingerprint density at radius 3 is 2.43 bits per heavy atom. The first-order chi connectivity index (χ1) is 17.7. The molecule has 37 heavy (non-hydrogen) atoms. The Kier molecular flexibility index (Phi) is 8.51. The van der Waals surface area contributed by atoms with Crippen molar-refractivity contribution in [2.75, 3.05) is 45.2 Å². The average molecular weight is 522 g/mol. The van der Waals surface area contributed by atoms with E-state index in [4.69, 9.17) is 4.74 Å². The highest BCUT2D eigenvalue weighted by Gasteiger charge is 2.34. The first-order valence-corrected chi connectivity index (χ1v) is 12.3. The molecule has 1 fully saturated rings. The fourth-order valence-corrected chi connectivity index (χ4v) is 5.01. The number of aliphatic hydroxyl groups excluding tert-OH is 2. The summed E-state index contributed by atoms with van der Waals surface area (Å²) >= 11 is 0. The van der Waals surface area contributed by atoms with Gasteiger partial charge >= 0.3 is 0 Å². The van der Waals surface area contributed by atoms with E-state index in [1.807, 2.05) is 0 Å². The van der Waals surface area contributed by atoms with Gasteiger partial charge in [0.15, 0.2) is 11.6 Å². The number of piperidine rings is 1. The van der Waals surface area contributed by atoms with Crippen LogP contribution in [0.2, 0.25) is 0 Å².